The molecule has 200 valence electrons. The monoisotopic (exact) mass is 598 g/mol. The van der Waals surface area contributed by atoms with Crippen molar-refractivity contribution in [1.29, 1.82) is 0 Å². The molecule has 5 aromatic rings. The predicted octanol–water partition coefficient (Wildman–Crippen LogP) is 10.8. The third kappa shape index (κ3) is 8.02. The Hall–Kier alpha value is -3.02. The first-order chi connectivity index (χ1) is 19.5. The minimum atomic E-state index is 1.10. The van der Waals surface area contributed by atoms with E-state index in [-0.39, 0.29) is 0 Å². The van der Waals surface area contributed by atoms with Crippen molar-refractivity contribution in [3.05, 3.63) is 149 Å². The molecule has 0 unspecified atom stereocenters. The Morgan fingerprint density at radius 3 is 1.68 bits per heavy atom. The molecule has 0 N–H and O–H groups in total. The van der Waals surface area contributed by atoms with Gasteiger partial charge in [0.15, 0.2) is 0 Å². The van der Waals surface area contributed by atoms with Crippen molar-refractivity contribution in [2.45, 2.75) is 59.8 Å². The fourth-order valence-corrected chi connectivity index (χ4v) is 6.04. The second kappa shape index (κ2) is 15.1. The molecule has 0 aliphatic heterocycles. The maximum absolute atomic E-state index is 3.29. The van der Waals surface area contributed by atoms with E-state index in [0.717, 1.165) is 6.42 Å². The zero-order chi connectivity index (χ0) is 28.3. The van der Waals surface area contributed by atoms with Crippen LogP contribution in [0.4, 0.5) is 0 Å². The Labute approximate surface area is 256 Å². The van der Waals surface area contributed by atoms with E-state index in [0.29, 0.717) is 0 Å². The Bertz CT molecular complexity index is 1500. The van der Waals surface area contributed by atoms with Gasteiger partial charge in [0.05, 0.1) is 0 Å². The first kappa shape index (κ1) is 30.0. The summed E-state index contributed by atoms with van der Waals surface area (Å²) in [7, 11) is 0. The van der Waals surface area contributed by atoms with Crippen molar-refractivity contribution < 1.29 is 24.2 Å². The number of allylic oxidation sites excluding steroid dienone is 4. The van der Waals surface area contributed by atoms with Crippen LogP contribution in [0.1, 0.15) is 68.2 Å². The average molecular weight is 600 g/mol. The molecular formula is C39H40Zr. The van der Waals surface area contributed by atoms with Crippen LogP contribution >= 0.6 is 0 Å². The molecule has 40 heavy (non-hydrogen) atoms. The van der Waals surface area contributed by atoms with Gasteiger partial charge in [-0.25, -0.2) is 6.08 Å². The molecule has 0 aromatic heterocycles. The Balaban J connectivity index is 0.000000141. The first-order valence-corrected chi connectivity index (χ1v) is 15.8. The summed E-state index contributed by atoms with van der Waals surface area (Å²) in [6.07, 6.45) is 11.7. The van der Waals surface area contributed by atoms with Gasteiger partial charge in [-0.15, -0.1) is 46.2 Å². The number of rotatable bonds is 6. The summed E-state index contributed by atoms with van der Waals surface area (Å²) in [4.78, 5) is 0. The molecular weight excluding hydrogens is 560 g/mol. The van der Waals surface area contributed by atoms with Crippen LogP contribution < -0.4 is 0 Å². The quantitative estimate of drug-likeness (QED) is 0.170. The molecule has 0 heterocycles. The molecule has 0 saturated carbocycles. The molecule has 1 aliphatic carbocycles. The van der Waals surface area contributed by atoms with Gasteiger partial charge in [0.25, 0.3) is 0 Å². The van der Waals surface area contributed by atoms with Crippen molar-refractivity contribution in [1.82, 2.24) is 0 Å². The number of aryl methyl sites for hydroxylation is 2. The maximum atomic E-state index is 3.29. The summed E-state index contributed by atoms with van der Waals surface area (Å²) < 4.78 is 1.42. The summed E-state index contributed by atoms with van der Waals surface area (Å²) in [6, 6.07) is 36.7. The molecule has 1 aliphatic rings. The van der Waals surface area contributed by atoms with Crippen molar-refractivity contribution >= 4 is 24.8 Å². The fraction of sp³-hybridized carbons (Fsp3) is 0.231. The number of benzene rings is 4. The van der Waals surface area contributed by atoms with Crippen LogP contribution in [0.5, 0.6) is 0 Å². The number of hydrogen-bond donors (Lipinski definition) is 0. The van der Waals surface area contributed by atoms with E-state index < -0.39 is 0 Å². The second-order valence-electron chi connectivity index (χ2n) is 10.6. The summed E-state index contributed by atoms with van der Waals surface area (Å²) in [5, 5.41) is 5.46. The molecule has 0 bridgehead atoms. The predicted molar refractivity (Wildman–Crippen MR) is 172 cm³/mol. The molecule has 1 heteroatoms. The average Bonchev–Trinajstić information content (AvgIpc) is 3.57. The summed E-state index contributed by atoms with van der Waals surface area (Å²) in [6.45, 7) is 8.77. The van der Waals surface area contributed by atoms with Gasteiger partial charge in [-0.3, -0.25) is 6.08 Å². The van der Waals surface area contributed by atoms with E-state index >= 15 is 0 Å². The van der Waals surface area contributed by atoms with Gasteiger partial charge in [-0.2, -0.15) is 11.1 Å². The van der Waals surface area contributed by atoms with Gasteiger partial charge in [0.1, 0.15) is 0 Å². The number of hydrogen-bond acceptors (Lipinski definition) is 0. The van der Waals surface area contributed by atoms with Crippen molar-refractivity contribution in [3.63, 3.8) is 0 Å². The van der Waals surface area contributed by atoms with Gasteiger partial charge >= 0.3 is 99.2 Å². The molecule has 6 rings (SSSR count). The van der Waals surface area contributed by atoms with Gasteiger partial charge in [-0.1, -0.05) is 68.5 Å². The van der Waals surface area contributed by atoms with Gasteiger partial charge in [-0.05, 0) is 20.3 Å². The van der Waals surface area contributed by atoms with Crippen LogP contribution in [0.25, 0.3) is 21.5 Å². The molecule has 0 spiro atoms. The van der Waals surface area contributed by atoms with E-state index in [9.17, 15) is 0 Å². The Morgan fingerprint density at radius 1 is 0.700 bits per heavy atom. The fourth-order valence-electron chi connectivity index (χ4n) is 5.22. The van der Waals surface area contributed by atoms with Crippen LogP contribution in [0, 0.1) is 19.9 Å². The van der Waals surface area contributed by atoms with E-state index in [1.165, 1.54) is 96.9 Å². The molecule has 0 amide bonds. The van der Waals surface area contributed by atoms with E-state index in [2.05, 4.69) is 143 Å². The molecule has 5 aromatic carbocycles. The van der Waals surface area contributed by atoms with Crippen molar-refractivity contribution in [3.8, 4) is 0 Å². The molecule has 0 saturated heterocycles. The topological polar surface area (TPSA) is 0 Å². The van der Waals surface area contributed by atoms with Crippen molar-refractivity contribution in [2.24, 2.45) is 0 Å². The van der Waals surface area contributed by atoms with E-state index in [1.807, 2.05) is 0 Å². The molecule has 0 nitrogen and oxygen atoms in total. The van der Waals surface area contributed by atoms with Crippen LogP contribution in [0.3, 0.4) is 0 Å². The van der Waals surface area contributed by atoms with Crippen LogP contribution in [0.15, 0.2) is 120 Å². The van der Waals surface area contributed by atoms with Crippen LogP contribution in [0.2, 0.25) is 0 Å². The first-order valence-electron chi connectivity index (χ1n) is 14.5. The molecule has 0 atom stereocenters. The van der Waals surface area contributed by atoms with Gasteiger partial charge < -0.3 is 0 Å². The van der Waals surface area contributed by atoms with Crippen molar-refractivity contribution in [2.75, 3.05) is 0 Å². The normalized spacial score (nSPS) is 12.2. The third-order valence-corrected chi connectivity index (χ3v) is 8.68. The van der Waals surface area contributed by atoms with Crippen LogP contribution in [-0.2, 0) is 24.2 Å². The van der Waals surface area contributed by atoms with E-state index in [1.54, 1.807) is 11.1 Å². The molecule has 0 radical (unpaired) electrons. The number of fused-ring (bicyclic) bond motifs is 3. The zero-order valence-electron chi connectivity index (χ0n) is 24.4. The minimum absolute atomic E-state index is 1.10. The second-order valence-corrected chi connectivity index (χ2v) is 11.8. The van der Waals surface area contributed by atoms with Gasteiger partial charge in [0.2, 0.25) is 0 Å². The summed E-state index contributed by atoms with van der Waals surface area (Å²) in [5.74, 6) is 0. The third-order valence-electron chi connectivity index (χ3n) is 7.26. The standard InChI is InChI=1S/C15H13.C13H10.C11H17.Zr/c1-10-3-5-14-12(7-10)9-13-8-11(2)4-6-15(13)14;1-3-7-12(8-4-1)11-13-9-5-2-6-10-13;1-3-6-10-8-5-9-11(10)7-4-2;/h3-9H,1-2H3;1-10H;8H,3-4,6-7,9H2,1-2H3;/q-1;;-1;+2. The Morgan fingerprint density at radius 2 is 1.20 bits per heavy atom. The van der Waals surface area contributed by atoms with Crippen LogP contribution in [-0.4, -0.2) is 3.21 Å². The summed E-state index contributed by atoms with van der Waals surface area (Å²) in [5.41, 5.74) is 8.52. The SMILES string of the molecule is CCCC1=C(CCC)C[C-]=C1.Cc1ccc2c(c1)[cH-]c1cc(C)ccc12.[Zr+2]=[C](c1ccccc1)c1ccccc1. The summed E-state index contributed by atoms with van der Waals surface area (Å²) >= 11 is 1.46. The molecule has 0 fully saturated rings. The van der Waals surface area contributed by atoms with Gasteiger partial charge in [0, 0.05) is 0 Å². The zero-order valence-corrected chi connectivity index (χ0v) is 26.9. The van der Waals surface area contributed by atoms with E-state index in [4.69, 9.17) is 0 Å². The Kier molecular flexibility index (Phi) is 11.3.